The van der Waals surface area contributed by atoms with Crippen LogP contribution in [-0.2, 0) is 11.2 Å². The van der Waals surface area contributed by atoms with Crippen LogP contribution in [0, 0.1) is 13.8 Å². The molecule has 0 saturated carbocycles. The molecule has 6 heteroatoms. The van der Waals surface area contributed by atoms with Crippen LogP contribution >= 0.6 is 0 Å². The second-order valence-corrected chi connectivity index (χ2v) is 6.23. The molecule has 0 spiro atoms. The molecular weight excluding hydrogens is 328 g/mol. The first kappa shape index (κ1) is 16.1. The summed E-state index contributed by atoms with van der Waals surface area (Å²) in [5.74, 6) is -0.113. The number of para-hydroxylation sites is 2. The van der Waals surface area contributed by atoms with E-state index in [4.69, 9.17) is 4.42 Å². The van der Waals surface area contributed by atoms with E-state index in [0.717, 1.165) is 27.8 Å². The monoisotopic (exact) mass is 346 g/mol. The van der Waals surface area contributed by atoms with Crippen molar-refractivity contribution in [3.05, 3.63) is 71.7 Å². The lowest BCUT2D eigenvalue weighted by Gasteiger charge is -2.10. The molecule has 130 valence electrons. The Labute approximate surface area is 150 Å². The zero-order chi connectivity index (χ0) is 18.1. The van der Waals surface area contributed by atoms with Gasteiger partial charge in [0.15, 0.2) is 0 Å². The van der Waals surface area contributed by atoms with Gasteiger partial charge in [0.1, 0.15) is 5.58 Å². The standard InChI is InChI=1S/C20H18N4O2/c1-13-7-8-16-15(12-26-20(16)14(13)2)11-19(25)22-17-5-3-4-6-18(17)24-10-9-21-23-24/h3-10,12H,11H2,1-2H3,(H,22,25). The van der Waals surface area contributed by atoms with Crippen LogP contribution in [0.4, 0.5) is 5.69 Å². The lowest BCUT2D eigenvalue weighted by molar-refractivity contribution is -0.115. The van der Waals surface area contributed by atoms with Gasteiger partial charge in [0.05, 0.1) is 36.5 Å². The second-order valence-electron chi connectivity index (χ2n) is 6.23. The van der Waals surface area contributed by atoms with E-state index >= 15 is 0 Å². The highest BCUT2D eigenvalue weighted by Gasteiger charge is 2.14. The Kier molecular flexibility index (Phi) is 4.01. The number of benzene rings is 2. The Balaban J connectivity index is 1.59. The molecule has 2 aromatic heterocycles. The van der Waals surface area contributed by atoms with Crippen molar-refractivity contribution in [3.63, 3.8) is 0 Å². The first-order valence-electron chi connectivity index (χ1n) is 8.35. The van der Waals surface area contributed by atoms with Crippen LogP contribution in [-0.4, -0.2) is 20.9 Å². The summed E-state index contributed by atoms with van der Waals surface area (Å²) in [6.45, 7) is 4.07. The summed E-state index contributed by atoms with van der Waals surface area (Å²) in [7, 11) is 0. The van der Waals surface area contributed by atoms with Crippen LogP contribution < -0.4 is 5.32 Å². The first-order chi connectivity index (χ1) is 12.6. The van der Waals surface area contributed by atoms with Crippen LogP contribution in [0.3, 0.4) is 0 Å². The molecule has 1 amide bonds. The predicted octanol–water partition coefficient (Wildman–Crippen LogP) is 3.81. The molecule has 1 N–H and O–H groups in total. The number of rotatable bonds is 4. The van der Waals surface area contributed by atoms with E-state index in [1.165, 1.54) is 5.56 Å². The number of aromatic nitrogens is 3. The summed E-state index contributed by atoms with van der Waals surface area (Å²) in [4.78, 5) is 12.6. The Hall–Kier alpha value is -3.41. The number of hydrogen-bond donors (Lipinski definition) is 1. The lowest BCUT2D eigenvalue weighted by atomic mass is 10.0. The molecule has 4 rings (SSSR count). The maximum atomic E-state index is 12.6. The highest BCUT2D eigenvalue weighted by molar-refractivity contribution is 5.97. The van der Waals surface area contributed by atoms with Crippen molar-refractivity contribution in [1.29, 1.82) is 0 Å². The Morgan fingerprint density at radius 3 is 2.85 bits per heavy atom. The molecule has 0 aliphatic heterocycles. The fraction of sp³-hybridized carbons (Fsp3) is 0.150. The third-order valence-corrected chi connectivity index (χ3v) is 4.54. The average molecular weight is 346 g/mol. The van der Waals surface area contributed by atoms with E-state index < -0.39 is 0 Å². The van der Waals surface area contributed by atoms with Crippen LogP contribution in [0.25, 0.3) is 16.7 Å². The quantitative estimate of drug-likeness (QED) is 0.610. The molecule has 26 heavy (non-hydrogen) atoms. The highest BCUT2D eigenvalue weighted by Crippen LogP contribution is 2.27. The van der Waals surface area contributed by atoms with Gasteiger partial charge in [0, 0.05) is 10.9 Å². The molecule has 0 saturated heterocycles. The van der Waals surface area contributed by atoms with Crippen molar-refractivity contribution in [1.82, 2.24) is 15.0 Å². The minimum atomic E-state index is -0.113. The number of nitrogens with one attached hydrogen (secondary N) is 1. The second kappa shape index (κ2) is 6.48. The van der Waals surface area contributed by atoms with Gasteiger partial charge in [-0.05, 0) is 37.1 Å². The maximum Gasteiger partial charge on any atom is 0.228 e. The molecule has 2 heterocycles. The van der Waals surface area contributed by atoms with Crippen molar-refractivity contribution in [2.45, 2.75) is 20.3 Å². The number of anilines is 1. The van der Waals surface area contributed by atoms with Crippen LogP contribution in [0.5, 0.6) is 0 Å². The van der Waals surface area contributed by atoms with Gasteiger partial charge in [-0.2, -0.15) is 0 Å². The zero-order valence-electron chi connectivity index (χ0n) is 14.6. The fourth-order valence-corrected chi connectivity index (χ4v) is 3.01. The molecule has 4 aromatic rings. The lowest BCUT2D eigenvalue weighted by Crippen LogP contribution is -2.16. The van der Waals surface area contributed by atoms with Gasteiger partial charge in [-0.1, -0.05) is 29.5 Å². The van der Waals surface area contributed by atoms with Gasteiger partial charge in [-0.25, -0.2) is 4.68 Å². The maximum absolute atomic E-state index is 12.6. The zero-order valence-corrected chi connectivity index (χ0v) is 14.6. The molecule has 6 nitrogen and oxygen atoms in total. The van der Waals surface area contributed by atoms with E-state index in [9.17, 15) is 4.79 Å². The number of nitrogens with zero attached hydrogens (tertiary/aromatic N) is 3. The smallest absolute Gasteiger partial charge is 0.228 e. The normalized spacial score (nSPS) is 11.0. The number of furan rings is 1. The minimum Gasteiger partial charge on any atom is -0.464 e. The summed E-state index contributed by atoms with van der Waals surface area (Å²) in [5.41, 5.74) is 5.44. The number of aryl methyl sites for hydroxylation is 2. The van der Waals surface area contributed by atoms with Crippen LogP contribution in [0.2, 0.25) is 0 Å². The SMILES string of the molecule is Cc1ccc2c(CC(=O)Nc3ccccc3-n3ccnn3)coc2c1C. The highest BCUT2D eigenvalue weighted by atomic mass is 16.3. The predicted molar refractivity (Wildman–Crippen MR) is 99.4 cm³/mol. The molecule has 0 radical (unpaired) electrons. The van der Waals surface area contributed by atoms with Gasteiger partial charge in [0.2, 0.25) is 5.91 Å². The van der Waals surface area contributed by atoms with E-state index in [-0.39, 0.29) is 12.3 Å². The fourth-order valence-electron chi connectivity index (χ4n) is 3.01. The number of amides is 1. The van der Waals surface area contributed by atoms with Gasteiger partial charge >= 0.3 is 0 Å². The van der Waals surface area contributed by atoms with Crippen molar-refractivity contribution < 1.29 is 9.21 Å². The number of hydrogen-bond acceptors (Lipinski definition) is 4. The number of carbonyl (C=O) groups excluding carboxylic acids is 1. The van der Waals surface area contributed by atoms with Crippen LogP contribution in [0.1, 0.15) is 16.7 Å². The summed E-state index contributed by atoms with van der Waals surface area (Å²) in [6.07, 6.45) is 5.24. The van der Waals surface area contributed by atoms with Gasteiger partial charge < -0.3 is 9.73 Å². The van der Waals surface area contributed by atoms with Crippen molar-refractivity contribution >= 4 is 22.6 Å². The topological polar surface area (TPSA) is 73.0 Å². The summed E-state index contributed by atoms with van der Waals surface area (Å²) in [5, 5.41) is 11.7. The third-order valence-electron chi connectivity index (χ3n) is 4.54. The van der Waals surface area contributed by atoms with Gasteiger partial charge in [-0.15, -0.1) is 5.10 Å². The molecule has 0 aliphatic rings. The molecule has 0 unspecified atom stereocenters. The van der Waals surface area contributed by atoms with Crippen molar-refractivity contribution in [2.75, 3.05) is 5.32 Å². The summed E-state index contributed by atoms with van der Waals surface area (Å²) >= 11 is 0. The van der Waals surface area contributed by atoms with Crippen molar-refractivity contribution in [2.24, 2.45) is 0 Å². The molecule has 0 fully saturated rings. The third kappa shape index (κ3) is 2.86. The van der Waals surface area contributed by atoms with Crippen molar-refractivity contribution in [3.8, 4) is 5.69 Å². The summed E-state index contributed by atoms with van der Waals surface area (Å²) < 4.78 is 7.31. The Morgan fingerprint density at radius 1 is 1.19 bits per heavy atom. The van der Waals surface area contributed by atoms with Crippen LogP contribution in [0.15, 0.2) is 59.5 Å². The Morgan fingerprint density at radius 2 is 2.04 bits per heavy atom. The Bertz CT molecular complexity index is 1080. The molecule has 0 atom stereocenters. The van der Waals surface area contributed by atoms with E-state index in [1.54, 1.807) is 23.3 Å². The molecule has 2 aromatic carbocycles. The van der Waals surface area contributed by atoms with Gasteiger partial charge in [0.25, 0.3) is 0 Å². The van der Waals surface area contributed by atoms with E-state index in [1.807, 2.05) is 44.2 Å². The summed E-state index contributed by atoms with van der Waals surface area (Å²) in [6, 6.07) is 11.5. The number of fused-ring (bicyclic) bond motifs is 1. The molecular formula is C20H18N4O2. The molecule has 0 aliphatic carbocycles. The largest absolute Gasteiger partial charge is 0.464 e. The van der Waals surface area contributed by atoms with E-state index in [0.29, 0.717) is 5.69 Å². The molecule has 0 bridgehead atoms. The van der Waals surface area contributed by atoms with Gasteiger partial charge in [-0.3, -0.25) is 4.79 Å². The number of carbonyl (C=O) groups is 1. The first-order valence-corrected chi connectivity index (χ1v) is 8.35. The minimum absolute atomic E-state index is 0.113. The van der Waals surface area contributed by atoms with E-state index in [2.05, 4.69) is 21.7 Å². The average Bonchev–Trinajstić information content (AvgIpc) is 3.29.